The Bertz CT molecular complexity index is 882. The van der Waals surface area contributed by atoms with E-state index in [-0.39, 0.29) is 12.5 Å². The smallest absolute Gasteiger partial charge is 0.267 e. The molecule has 2 heterocycles. The Morgan fingerprint density at radius 1 is 1.25 bits per heavy atom. The molecule has 0 aliphatic heterocycles. The molecule has 0 spiro atoms. The van der Waals surface area contributed by atoms with E-state index < -0.39 is 11.6 Å². The van der Waals surface area contributed by atoms with E-state index in [4.69, 9.17) is 0 Å². The topological polar surface area (TPSA) is 34.0 Å². The Labute approximate surface area is 142 Å². The third-order valence-electron chi connectivity index (χ3n) is 3.77. The molecule has 1 aromatic carbocycles. The molecule has 0 saturated heterocycles. The first-order valence-electron chi connectivity index (χ1n) is 7.74. The van der Waals surface area contributed by atoms with Gasteiger partial charge < -0.3 is 9.88 Å². The molecule has 2 aromatic heterocycles. The summed E-state index contributed by atoms with van der Waals surface area (Å²) < 4.78 is 29.8. The number of nitrogens with zero attached hydrogens (tertiary/aromatic N) is 1. The number of nitrogens with one attached hydrogen (secondary N) is 1. The fourth-order valence-electron chi connectivity index (χ4n) is 2.54. The molecule has 0 aliphatic rings. The maximum absolute atomic E-state index is 14.0. The first-order valence-corrected chi connectivity index (χ1v) is 8.62. The zero-order chi connectivity index (χ0) is 17.3. The zero-order valence-corrected chi connectivity index (χ0v) is 14.3. The van der Waals surface area contributed by atoms with Crippen molar-refractivity contribution >= 4 is 27.5 Å². The van der Waals surface area contributed by atoms with Crippen LogP contribution < -0.4 is 5.32 Å². The monoisotopic (exact) mass is 348 g/mol. The van der Waals surface area contributed by atoms with Gasteiger partial charge >= 0.3 is 0 Å². The molecule has 24 heavy (non-hydrogen) atoms. The lowest BCUT2D eigenvalue weighted by Gasteiger charge is -2.12. The number of rotatable bonds is 5. The van der Waals surface area contributed by atoms with Crippen molar-refractivity contribution in [3.05, 3.63) is 58.6 Å². The fourth-order valence-corrected chi connectivity index (χ4v) is 3.37. The Kier molecular flexibility index (Phi) is 4.66. The molecule has 0 atom stereocenters. The highest BCUT2D eigenvalue weighted by molar-refractivity contribution is 7.17. The van der Waals surface area contributed by atoms with Crippen LogP contribution >= 0.6 is 11.3 Å². The number of fused-ring (bicyclic) bond motifs is 1. The molecule has 6 heteroatoms. The summed E-state index contributed by atoms with van der Waals surface area (Å²) >= 11 is 1.53. The van der Waals surface area contributed by atoms with E-state index in [1.165, 1.54) is 23.5 Å². The summed E-state index contributed by atoms with van der Waals surface area (Å²) in [7, 11) is 0. The third-order valence-corrected chi connectivity index (χ3v) is 4.62. The average Bonchev–Trinajstić information content (AvgIpc) is 3.09. The van der Waals surface area contributed by atoms with Gasteiger partial charge in [0.2, 0.25) is 0 Å². The molecule has 1 N–H and O–H groups in total. The molecular weight excluding hydrogens is 330 g/mol. The second-order valence-electron chi connectivity index (χ2n) is 6.13. The zero-order valence-electron chi connectivity index (χ0n) is 13.5. The van der Waals surface area contributed by atoms with Crippen LogP contribution in [0.5, 0.6) is 0 Å². The maximum Gasteiger partial charge on any atom is 0.267 e. The lowest BCUT2D eigenvalue weighted by Crippen LogP contribution is -2.29. The van der Waals surface area contributed by atoms with Crippen LogP contribution in [0.2, 0.25) is 0 Å². The van der Waals surface area contributed by atoms with Gasteiger partial charge in [0.15, 0.2) is 0 Å². The highest BCUT2D eigenvalue weighted by Gasteiger charge is 2.18. The van der Waals surface area contributed by atoms with E-state index >= 15 is 0 Å². The van der Waals surface area contributed by atoms with Crippen molar-refractivity contribution in [2.45, 2.75) is 20.4 Å². The lowest BCUT2D eigenvalue weighted by molar-refractivity contribution is 0.0940. The van der Waals surface area contributed by atoms with Gasteiger partial charge in [0.05, 0.1) is 16.8 Å². The number of carbonyl (C=O) groups is 1. The van der Waals surface area contributed by atoms with E-state index in [2.05, 4.69) is 5.32 Å². The number of hydrogen-bond acceptors (Lipinski definition) is 2. The van der Waals surface area contributed by atoms with Crippen LogP contribution in [0.3, 0.4) is 0 Å². The first-order chi connectivity index (χ1) is 11.5. The van der Waals surface area contributed by atoms with Gasteiger partial charge in [-0.15, -0.1) is 11.3 Å². The van der Waals surface area contributed by atoms with Gasteiger partial charge in [0, 0.05) is 18.2 Å². The molecule has 126 valence electrons. The molecule has 3 aromatic rings. The molecular formula is C18H18F2N2OS. The fraction of sp³-hybridized carbons (Fsp3) is 0.278. The highest BCUT2D eigenvalue weighted by Crippen LogP contribution is 2.27. The van der Waals surface area contributed by atoms with Crippen LogP contribution in [0, 0.1) is 17.6 Å². The van der Waals surface area contributed by atoms with Crippen LogP contribution in [-0.2, 0) is 6.54 Å². The van der Waals surface area contributed by atoms with Gasteiger partial charge in [0.1, 0.15) is 17.3 Å². The Balaban J connectivity index is 1.97. The predicted molar refractivity (Wildman–Crippen MR) is 92.4 cm³/mol. The third kappa shape index (κ3) is 3.33. The van der Waals surface area contributed by atoms with Gasteiger partial charge in [-0.2, -0.15) is 0 Å². The van der Waals surface area contributed by atoms with Crippen LogP contribution in [-0.4, -0.2) is 17.0 Å². The second-order valence-corrected chi connectivity index (χ2v) is 7.07. The molecule has 1 amide bonds. The summed E-state index contributed by atoms with van der Waals surface area (Å²) in [5.41, 5.74) is 1.71. The minimum Gasteiger partial charge on any atom is -0.351 e. The SMILES string of the molecule is CC(C)CNC(=O)c1cc2sccc2n1Cc1ccc(F)cc1F. The van der Waals surface area contributed by atoms with Crippen molar-refractivity contribution in [2.75, 3.05) is 6.54 Å². The van der Waals surface area contributed by atoms with Crippen molar-refractivity contribution in [3.63, 3.8) is 0 Å². The van der Waals surface area contributed by atoms with Crippen molar-refractivity contribution in [2.24, 2.45) is 5.92 Å². The van der Waals surface area contributed by atoms with E-state index in [0.29, 0.717) is 23.7 Å². The molecule has 3 nitrogen and oxygen atoms in total. The standard InChI is InChI=1S/C18H18F2N2OS/c1-11(2)9-21-18(23)16-8-17-15(5-6-24-17)22(16)10-12-3-4-13(19)7-14(12)20/h3-8,11H,9-10H2,1-2H3,(H,21,23). The van der Waals surface area contributed by atoms with Crippen molar-refractivity contribution in [3.8, 4) is 0 Å². The van der Waals surface area contributed by atoms with Crippen LogP contribution in [0.1, 0.15) is 29.9 Å². The van der Waals surface area contributed by atoms with Crippen LogP contribution in [0.25, 0.3) is 10.2 Å². The predicted octanol–water partition coefficient (Wildman–Crippen LogP) is 4.42. The summed E-state index contributed by atoms with van der Waals surface area (Å²) in [4.78, 5) is 12.5. The van der Waals surface area contributed by atoms with Crippen LogP contribution in [0.15, 0.2) is 35.7 Å². The molecule has 3 rings (SSSR count). The van der Waals surface area contributed by atoms with Crippen molar-refractivity contribution in [1.82, 2.24) is 9.88 Å². The van der Waals surface area contributed by atoms with Gasteiger partial charge in [-0.05, 0) is 29.5 Å². The minimum absolute atomic E-state index is 0.177. The second kappa shape index (κ2) is 6.73. The van der Waals surface area contributed by atoms with Crippen molar-refractivity contribution < 1.29 is 13.6 Å². The Morgan fingerprint density at radius 3 is 2.75 bits per heavy atom. The van der Waals surface area contributed by atoms with E-state index in [1.807, 2.05) is 31.4 Å². The van der Waals surface area contributed by atoms with E-state index in [0.717, 1.165) is 16.3 Å². The number of halogens is 2. The Morgan fingerprint density at radius 2 is 2.04 bits per heavy atom. The summed E-state index contributed by atoms with van der Waals surface area (Å²) in [6.07, 6.45) is 0. The molecule has 0 aliphatic carbocycles. The normalized spacial score (nSPS) is 11.4. The lowest BCUT2D eigenvalue weighted by atomic mass is 10.2. The number of thiophene rings is 1. The number of hydrogen-bond donors (Lipinski definition) is 1. The number of carbonyl (C=O) groups excluding carboxylic acids is 1. The van der Waals surface area contributed by atoms with E-state index in [9.17, 15) is 13.6 Å². The van der Waals surface area contributed by atoms with E-state index in [1.54, 1.807) is 4.57 Å². The summed E-state index contributed by atoms with van der Waals surface area (Å²) in [5.74, 6) is -1.07. The van der Waals surface area contributed by atoms with Crippen molar-refractivity contribution in [1.29, 1.82) is 0 Å². The van der Waals surface area contributed by atoms with Gasteiger partial charge in [-0.3, -0.25) is 4.79 Å². The highest BCUT2D eigenvalue weighted by atomic mass is 32.1. The van der Waals surface area contributed by atoms with Gasteiger partial charge in [-0.25, -0.2) is 8.78 Å². The Hall–Kier alpha value is -2.21. The molecule has 0 radical (unpaired) electrons. The number of amides is 1. The summed E-state index contributed by atoms with van der Waals surface area (Å²) in [5, 5.41) is 4.82. The minimum atomic E-state index is -0.612. The van der Waals surface area contributed by atoms with Crippen LogP contribution in [0.4, 0.5) is 8.78 Å². The molecule has 0 unspecified atom stereocenters. The van der Waals surface area contributed by atoms with Gasteiger partial charge in [-0.1, -0.05) is 19.9 Å². The molecule has 0 saturated carbocycles. The summed E-state index contributed by atoms with van der Waals surface area (Å²) in [6.45, 7) is 4.79. The number of benzene rings is 1. The average molecular weight is 348 g/mol. The molecule has 0 fully saturated rings. The molecule has 0 bridgehead atoms. The maximum atomic E-state index is 14.0. The largest absolute Gasteiger partial charge is 0.351 e. The van der Waals surface area contributed by atoms with Gasteiger partial charge in [0.25, 0.3) is 5.91 Å². The summed E-state index contributed by atoms with van der Waals surface area (Å²) in [6, 6.07) is 7.23. The first kappa shape index (κ1) is 16.6. The number of aromatic nitrogens is 1. The quantitative estimate of drug-likeness (QED) is 0.728.